The molecule has 0 bridgehead atoms. The number of nitrogens with one attached hydrogen (secondary N) is 1. The van der Waals surface area contributed by atoms with Gasteiger partial charge in [0.15, 0.2) is 28.7 Å². The number of fused-ring (bicyclic) bond motifs is 1. The number of ether oxygens (including phenoxy) is 1. The number of rotatable bonds is 9. The number of aliphatic hydroxyl groups is 1. The van der Waals surface area contributed by atoms with Crippen LogP contribution in [-0.4, -0.2) is 68.3 Å². The van der Waals surface area contributed by atoms with Crippen LogP contribution in [0.25, 0.3) is 22.4 Å². The van der Waals surface area contributed by atoms with Gasteiger partial charge in [0.05, 0.1) is 30.3 Å². The molecule has 2 aromatic carbocycles. The molecule has 1 amide bonds. The Morgan fingerprint density at radius 3 is 2.84 bits per heavy atom. The van der Waals surface area contributed by atoms with Crippen molar-refractivity contribution in [1.82, 2.24) is 24.8 Å². The zero-order valence-corrected chi connectivity index (χ0v) is 25.2. The molecular formula is C34H40FN5O4. The van der Waals surface area contributed by atoms with Gasteiger partial charge in [0, 0.05) is 44.6 Å². The number of carbonyl (C=O) groups is 1. The van der Waals surface area contributed by atoms with Crippen LogP contribution in [0.15, 0.2) is 53.2 Å². The molecule has 3 aliphatic rings. The molecule has 2 N–H and O–H groups in total. The summed E-state index contributed by atoms with van der Waals surface area (Å²) in [7, 11) is 0. The van der Waals surface area contributed by atoms with E-state index in [0.29, 0.717) is 49.1 Å². The van der Waals surface area contributed by atoms with Crippen molar-refractivity contribution in [2.45, 2.75) is 76.0 Å². The third-order valence-corrected chi connectivity index (χ3v) is 9.57. The van der Waals surface area contributed by atoms with Gasteiger partial charge < -0.3 is 29.0 Å². The molecule has 44 heavy (non-hydrogen) atoms. The number of amides is 1. The van der Waals surface area contributed by atoms with Crippen LogP contribution >= 0.6 is 0 Å². The minimum absolute atomic E-state index is 0.115. The number of hydrogen-bond donors (Lipinski definition) is 2. The van der Waals surface area contributed by atoms with Gasteiger partial charge in [-0.1, -0.05) is 56.0 Å². The average Bonchev–Trinajstić information content (AvgIpc) is 3.58. The second-order valence-corrected chi connectivity index (χ2v) is 12.7. The normalized spacial score (nSPS) is 24.1. The first-order valence-corrected chi connectivity index (χ1v) is 16.0. The van der Waals surface area contributed by atoms with Gasteiger partial charge in [-0.15, -0.1) is 0 Å². The van der Waals surface area contributed by atoms with Crippen molar-refractivity contribution < 1.29 is 23.4 Å². The maximum absolute atomic E-state index is 15.0. The molecule has 2 saturated carbocycles. The highest BCUT2D eigenvalue weighted by Crippen LogP contribution is 2.48. The molecular weight excluding hydrogens is 561 g/mol. The lowest BCUT2D eigenvalue weighted by atomic mass is 9.76. The summed E-state index contributed by atoms with van der Waals surface area (Å²) in [6, 6.07) is 12.9. The molecule has 232 valence electrons. The number of aryl methyl sites for hydroxylation is 1. The highest BCUT2D eigenvalue weighted by Gasteiger charge is 2.45. The van der Waals surface area contributed by atoms with Crippen LogP contribution in [0.1, 0.15) is 73.8 Å². The average molecular weight is 602 g/mol. The highest BCUT2D eigenvalue weighted by molar-refractivity contribution is 5.98. The quantitative estimate of drug-likeness (QED) is 0.255. The maximum Gasteiger partial charge on any atom is 0.275 e. The van der Waals surface area contributed by atoms with Crippen molar-refractivity contribution in [3.63, 3.8) is 0 Å². The van der Waals surface area contributed by atoms with Crippen LogP contribution in [-0.2, 0) is 0 Å². The fourth-order valence-electron chi connectivity index (χ4n) is 7.19. The number of halogens is 1. The smallest absolute Gasteiger partial charge is 0.275 e. The van der Waals surface area contributed by atoms with Gasteiger partial charge in [-0.3, -0.25) is 4.79 Å². The number of aromatic nitrogens is 3. The second kappa shape index (κ2) is 12.0. The summed E-state index contributed by atoms with van der Waals surface area (Å²) in [4.78, 5) is 25.1. The summed E-state index contributed by atoms with van der Waals surface area (Å²) in [6.45, 7) is 3.70. The SMILES string of the molecule is Cc1nc2c(F)c(OCC[C@@H]3CNCCN3C(=O)c3ncn([C@@H]4CCCC[C@@]4(O)CC4CC4)c3-c3ccccc3)ccc2o1. The van der Waals surface area contributed by atoms with Crippen LogP contribution < -0.4 is 10.1 Å². The van der Waals surface area contributed by atoms with Gasteiger partial charge in [0.25, 0.3) is 5.91 Å². The Balaban J connectivity index is 1.14. The number of hydrogen-bond acceptors (Lipinski definition) is 7. The first kappa shape index (κ1) is 29.0. The largest absolute Gasteiger partial charge is 0.490 e. The van der Waals surface area contributed by atoms with Crippen LogP contribution in [0.4, 0.5) is 4.39 Å². The van der Waals surface area contributed by atoms with Crippen LogP contribution in [0.3, 0.4) is 0 Å². The molecule has 4 aromatic rings. The molecule has 3 fully saturated rings. The van der Waals surface area contributed by atoms with E-state index in [1.165, 1.54) is 12.8 Å². The first-order chi connectivity index (χ1) is 21.4. The summed E-state index contributed by atoms with van der Waals surface area (Å²) in [5.74, 6) is 0.415. The fourth-order valence-corrected chi connectivity index (χ4v) is 7.19. The Hall–Kier alpha value is -3.76. The molecule has 3 heterocycles. The summed E-state index contributed by atoms with van der Waals surface area (Å²) in [5.41, 5.74) is 1.82. The molecule has 9 nitrogen and oxygen atoms in total. The van der Waals surface area contributed by atoms with Gasteiger partial charge in [-0.2, -0.15) is 0 Å². The van der Waals surface area contributed by atoms with Gasteiger partial charge >= 0.3 is 0 Å². The van der Waals surface area contributed by atoms with Crippen molar-refractivity contribution in [2.75, 3.05) is 26.2 Å². The van der Waals surface area contributed by atoms with E-state index in [1.807, 2.05) is 35.2 Å². The molecule has 0 radical (unpaired) electrons. The number of benzene rings is 2. The number of piperazine rings is 1. The fraction of sp³-hybridized carbons (Fsp3) is 0.500. The first-order valence-electron chi connectivity index (χ1n) is 16.0. The molecule has 1 saturated heterocycles. The number of oxazole rings is 1. The van der Waals surface area contributed by atoms with Crippen molar-refractivity contribution in [3.05, 3.63) is 66.2 Å². The van der Waals surface area contributed by atoms with Crippen molar-refractivity contribution in [1.29, 1.82) is 0 Å². The van der Waals surface area contributed by atoms with Crippen LogP contribution in [0.5, 0.6) is 5.75 Å². The minimum atomic E-state index is -0.804. The van der Waals surface area contributed by atoms with Gasteiger partial charge in [-0.25, -0.2) is 14.4 Å². The van der Waals surface area contributed by atoms with E-state index in [9.17, 15) is 9.90 Å². The second-order valence-electron chi connectivity index (χ2n) is 12.7. The lowest BCUT2D eigenvalue weighted by Gasteiger charge is -2.42. The Kier molecular flexibility index (Phi) is 7.88. The zero-order chi connectivity index (χ0) is 30.3. The molecule has 2 aromatic heterocycles. The Labute approximate surface area is 256 Å². The van der Waals surface area contributed by atoms with E-state index in [2.05, 4.69) is 14.9 Å². The Bertz CT molecular complexity index is 1630. The molecule has 0 unspecified atom stereocenters. The van der Waals surface area contributed by atoms with Gasteiger partial charge in [0.1, 0.15) is 5.52 Å². The topological polar surface area (TPSA) is 106 Å². The number of imidazole rings is 1. The lowest BCUT2D eigenvalue weighted by Crippen LogP contribution is -2.54. The third-order valence-electron chi connectivity index (χ3n) is 9.57. The molecule has 10 heteroatoms. The zero-order valence-electron chi connectivity index (χ0n) is 25.2. The number of carbonyl (C=O) groups excluding carboxylic acids is 1. The van der Waals surface area contributed by atoms with E-state index in [0.717, 1.165) is 43.4 Å². The van der Waals surface area contributed by atoms with E-state index in [1.54, 1.807) is 25.4 Å². The minimum Gasteiger partial charge on any atom is -0.490 e. The summed E-state index contributed by atoms with van der Waals surface area (Å²) in [6.07, 6.45) is 9.14. The standard InChI is InChI=1S/C34H40FN5O4/c1-22-38-30-27(44-22)13-12-26(29(30)35)43-18-14-25-20-36-16-17-39(25)33(41)31-32(24-7-3-2-4-8-24)40(21-37-31)28-9-5-6-15-34(28,42)19-23-10-11-23/h2-4,7-8,12-13,21,23,25,28,36,42H,5-6,9-11,14-20H2,1H3/t25-,28-,34-/m1/s1. The van der Waals surface area contributed by atoms with Gasteiger partial charge in [0.2, 0.25) is 0 Å². The Morgan fingerprint density at radius 2 is 2.02 bits per heavy atom. The van der Waals surface area contributed by atoms with E-state index >= 15 is 4.39 Å². The lowest BCUT2D eigenvalue weighted by molar-refractivity contribution is -0.0518. The number of nitrogens with zero attached hydrogens (tertiary/aromatic N) is 4. The van der Waals surface area contributed by atoms with Crippen molar-refractivity contribution >= 4 is 17.0 Å². The third kappa shape index (κ3) is 5.61. The summed E-state index contributed by atoms with van der Waals surface area (Å²) >= 11 is 0. The van der Waals surface area contributed by atoms with Crippen LogP contribution in [0.2, 0.25) is 0 Å². The van der Waals surface area contributed by atoms with Crippen LogP contribution in [0, 0.1) is 18.7 Å². The predicted molar refractivity (Wildman–Crippen MR) is 164 cm³/mol. The predicted octanol–water partition coefficient (Wildman–Crippen LogP) is 5.67. The molecule has 0 spiro atoms. The maximum atomic E-state index is 15.0. The summed E-state index contributed by atoms with van der Waals surface area (Å²) in [5, 5.41) is 15.4. The van der Waals surface area contributed by atoms with Gasteiger partial charge in [-0.05, 0) is 37.3 Å². The monoisotopic (exact) mass is 601 g/mol. The van der Waals surface area contributed by atoms with E-state index < -0.39 is 11.4 Å². The highest BCUT2D eigenvalue weighted by atomic mass is 19.1. The van der Waals surface area contributed by atoms with Crippen molar-refractivity contribution in [2.24, 2.45) is 5.92 Å². The molecule has 1 aliphatic heterocycles. The molecule has 7 rings (SSSR count). The Morgan fingerprint density at radius 1 is 1.18 bits per heavy atom. The van der Waals surface area contributed by atoms with E-state index in [4.69, 9.17) is 14.1 Å². The molecule has 3 atom stereocenters. The van der Waals surface area contributed by atoms with E-state index in [-0.39, 0.29) is 35.9 Å². The summed E-state index contributed by atoms with van der Waals surface area (Å²) < 4.78 is 28.4. The van der Waals surface area contributed by atoms with Crippen molar-refractivity contribution in [3.8, 4) is 17.0 Å². The molecule has 2 aliphatic carbocycles.